The molecule has 34 heavy (non-hydrogen) atoms. The maximum absolute atomic E-state index is 13.2. The van der Waals surface area contributed by atoms with Gasteiger partial charge in [-0.1, -0.05) is 24.6 Å². The van der Waals surface area contributed by atoms with Crippen LogP contribution in [0.4, 0.5) is 5.82 Å². The van der Waals surface area contributed by atoms with Crippen molar-refractivity contribution in [2.24, 2.45) is 0 Å². The lowest BCUT2D eigenvalue weighted by molar-refractivity contribution is -0.131. The summed E-state index contributed by atoms with van der Waals surface area (Å²) in [5.41, 5.74) is 2.98. The lowest BCUT2D eigenvalue weighted by Crippen LogP contribution is -2.32. The number of aryl methyl sites for hydroxylation is 2. The minimum absolute atomic E-state index is 0.00331. The molecule has 5 rings (SSSR count). The van der Waals surface area contributed by atoms with E-state index in [9.17, 15) is 4.79 Å². The normalized spacial score (nSPS) is 15.7. The summed E-state index contributed by atoms with van der Waals surface area (Å²) in [4.78, 5) is 33.2. The Morgan fingerprint density at radius 2 is 2.09 bits per heavy atom. The predicted molar refractivity (Wildman–Crippen MR) is 132 cm³/mol. The highest BCUT2D eigenvalue weighted by Crippen LogP contribution is 2.32. The first kappa shape index (κ1) is 22.0. The smallest absolute Gasteiger partial charge is 0.224 e. The summed E-state index contributed by atoms with van der Waals surface area (Å²) >= 11 is 0. The molecule has 1 unspecified atom stereocenters. The maximum Gasteiger partial charge on any atom is 0.224 e. The molecule has 1 aliphatic heterocycles. The highest BCUT2D eigenvalue weighted by atomic mass is 16.2. The van der Waals surface area contributed by atoms with Gasteiger partial charge in [0.15, 0.2) is 0 Å². The lowest BCUT2D eigenvalue weighted by Gasteiger charge is -2.25. The molecule has 0 saturated carbocycles. The number of anilines is 1. The molecule has 1 aromatic carbocycles. The zero-order valence-corrected chi connectivity index (χ0v) is 19.6. The zero-order chi connectivity index (χ0) is 23.5. The van der Waals surface area contributed by atoms with Gasteiger partial charge in [0.05, 0.1) is 17.3 Å². The number of nitrogens with one attached hydrogen (secondary N) is 1. The van der Waals surface area contributed by atoms with E-state index >= 15 is 0 Å². The van der Waals surface area contributed by atoms with Crippen molar-refractivity contribution >= 4 is 22.6 Å². The third-order valence-electron chi connectivity index (χ3n) is 6.37. The van der Waals surface area contributed by atoms with E-state index in [0.29, 0.717) is 13.0 Å². The van der Waals surface area contributed by atoms with Crippen LogP contribution in [0.15, 0.2) is 55.1 Å². The molecule has 8 nitrogen and oxygen atoms in total. The second kappa shape index (κ2) is 9.59. The number of aromatic nitrogens is 5. The van der Waals surface area contributed by atoms with E-state index in [2.05, 4.69) is 33.3 Å². The van der Waals surface area contributed by atoms with Crippen LogP contribution in [0, 0.1) is 6.92 Å². The number of likely N-dealkylation sites (tertiary alicyclic amines) is 1. The quantitative estimate of drug-likeness (QED) is 0.448. The van der Waals surface area contributed by atoms with Gasteiger partial charge in [-0.2, -0.15) is 0 Å². The van der Waals surface area contributed by atoms with E-state index in [4.69, 9.17) is 4.98 Å². The van der Waals surface area contributed by atoms with Gasteiger partial charge in [0, 0.05) is 43.7 Å². The van der Waals surface area contributed by atoms with Crippen molar-refractivity contribution in [2.75, 3.05) is 18.4 Å². The third-order valence-corrected chi connectivity index (χ3v) is 6.37. The highest BCUT2D eigenvalue weighted by Gasteiger charge is 2.30. The number of rotatable bonds is 7. The van der Waals surface area contributed by atoms with Crippen LogP contribution in [0.2, 0.25) is 0 Å². The average molecular weight is 456 g/mol. The Morgan fingerprint density at radius 3 is 2.97 bits per heavy atom. The van der Waals surface area contributed by atoms with Gasteiger partial charge in [0.25, 0.3) is 0 Å². The monoisotopic (exact) mass is 455 g/mol. The molecular formula is C26H29N7O. The van der Waals surface area contributed by atoms with Crippen molar-refractivity contribution in [3.8, 4) is 5.82 Å². The van der Waals surface area contributed by atoms with Gasteiger partial charge in [-0.15, -0.1) is 0 Å². The molecule has 0 spiro atoms. The summed E-state index contributed by atoms with van der Waals surface area (Å²) in [6.07, 6.45) is 8.44. The predicted octanol–water partition coefficient (Wildman–Crippen LogP) is 4.25. The van der Waals surface area contributed by atoms with E-state index in [1.807, 2.05) is 52.9 Å². The Balaban J connectivity index is 1.27. The topological polar surface area (TPSA) is 88.8 Å². The van der Waals surface area contributed by atoms with Crippen molar-refractivity contribution in [1.82, 2.24) is 29.4 Å². The number of carbonyl (C=O) groups excluding carboxylic acids is 1. The molecule has 8 heteroatoms. The maximum atomic E-state index is 13.2. The van der Waals surface area contributed by atoms with E-state index < -0.39 is 0 Å². The lowest BCUT2D eigenvalue weighted by atomic mass is 10.1. The fraction of sp³-hybridized carbons (Fsp3) is 0.346. The summed E-state index contributed by atoms with van der Waals surface area (Å²) in [5, 5.41) is 4.31. The molecule has 3 aromatic heterocycles. The molecule has 1 amide bonds. The van der Waals surface area contributed by atoms with Gasteiger partial charge < -0.3 is 10.2 Å². The molecule has 1 saturated heterocycles. The first-order chi connectivity index (χ1) is 16.6. The molecule has 1 aliphatic rings. The Hall–Kier alpha value is -3.81. The first-order valence-electron chi connectivity index (χ1n) is 11.9. The molecule has 1 fully saturated rings. The Morgan fingerprint density at radius 1 is 1.18 bits per heavy atom. The van der Waals surface area contributed by atoms with E-state index in [0.717, 1.165) is 65.4 Å². The van der Waals surface area contributed by atoms with Crippen molar-refractivity contribution in [2.45, 2.75) is 45.6 Å². The fourth-order valence-electron chi connectivity index (χ4n) is 4.68. The molecule has 4 aromatic rings. The number of carbonyl (C=O) groups is 1. The summed E-state index contributed by atoms with van der Waals surface area (Å²) in [6, 6.07) is 12.1. The van der Waals surface area contributed by atoms with E-state index in [1.165, 1.54) is 0 Å². The number of nitrogens with zero attached hydrogens (tertiary/aromatic N) is 6. The standard InChI is InChI=1S/C26H29N7O/c1-3-23-27-13-15-33(23)24-8-4-6-21(31-24)22-7-5-14-32(22)25(34)11-12-28-26-19-16-18(2)9-10-20(19)29-17-30-26/h4,6,8-10,13,15-17,22H,3,5,7,11-12,14H2,1-2H3,(H,28,29,30). The van der Waals surface area contributed by atoms with Gasteiger partial charge in [0.1, 0.15) is 23.8 Å². The second-order valence-corrected chi connectivity index (χ2v) is 8.65. The largest absolute Gasteiger partial charge is 0.369 e. The minimum Gasteiger partial charge on any atom is -0.369 e. The number of hydrogen-bond donors (Lipinski definition) is 1. The number of amides is 1. The molecule has 0 bridgehead atoms. The van der Waals surface area contributed by atoms with Crippen LogP contribution in [-0.2, 0) is 11.2 Å². The van der Waals surface area contributed by atoms with Crippen LogP contribution in [0.3, 0.4) is 0 Å². The summed E-state index contributed by atoms with van der Waals surface area (Å²) in [5.74, 6) is 2.72. The van der Waals surface area contributed by atoms with Crippen LogP contribution in [0.5, 0.6) is 0 Å². The van der Waals surface area contributed by atoms with Crippen molar-refractivity contribution in [3.05, 3.63) is 72.2 Å². The molecule has 4 heterocycles. The Bertz CT molecular complexity index is 1320. The van der Waals surface area contributed by atoms with Crippen molar-refractivity contribution in [1.29, 1.82) is 0 Å². The number of fused-ring (bicyclic) bond motifs is 1. The zero-order valence-electron chi connectivity index (χ0n) is 19.6. The van der Waals surface area contributed by atoms with Gasteiger partial charge >= 0.3 is 0 Å². The van der Waals surface area contributed by atoms with Gasteiger partial charge in [-0.25, -0.2) is 19.9 Å². The minimum atomic E-state index is 0.00331. The summed E-state index contributed by atoms with van der Waals surface area (Å²) < 4.78 is 2.02. The summed E-state index contributed by atoms with van der Waals surface area (Å²) in [7, 11) is 0. The number of imidazole rings is 1. The average Bonchev–Trinajstić information content (AvgIpc) is 3.54. The molecule has 0 radical (unpaired) electrons. The van der Waals surface area contributed by atoms with Crippen LogP contribution in [-0.4, -0.2) is 48.4 Å². The molecule has 174 valence electrons. The van der Waals surface area contributed by atoms with Gasteiger partial charge in [-0.3, -0.25) is 9.36 Å². The number of pyridine rings is 1. The summed E-state index contributed by atoms with van der Waals surface area (Å²) in [6.45, 7) is 5.41. The Labute approximate surface area is 199 Å². The SMILES string of the molecule is CCc1nccn1-c1cccc(C2CCCN2C(=O)CCNc2ncnc3ccc(C)cc23)n1. The van der Waals surface area contributed by atoms with Crippen molar-refractivity contribution in [3.63, 3.8) is 0 Å². The number of hydrogen-bond acceptors (Lipinski definition) is 6. The molecule has 1 atom stereocenters. The van der Waals surface area contributed by atoms with Crippen LogP contribution >= 0.6 is 0 Å². The molecule has 1 N–H and O–H groups in total. The van der Waals surface area contributed by atoms with Crippen LogP contribution in [0.1, 0.15) is 49.3 Å². The first-order valence-corrected chi connectivity index (χ1v) is 11.9. The van der Waals surface area contributed by atoms with Gasteiger partial charge in [0.2, 0.25) is 5.91 Å². The molecular weight excluding hydrogens is 426 g/mol. The van der Waals surface area contributed by atoms with Crippen LogP contribution in [0.25, 0.3) is 16.7 Å². The van der Waals surface area contributed by atoms with E-state index in [-0.39, 0.29) is 11.9 Å². The van der Waals surface area contributed by atoms with Crippen LogP contribution < -0.4 is 5.32 Å². The highest BCUT2D eigenvalue weighted by molar-refractivity contribution is 5.89. The second-order valence-electron chi connectivity index (χ2n) is 8.65. The molecule has 0 aliphatic carbocycles. The van der Waals surface area contributed by atoms with E-state index in [1.54, 1.807) is 12.5 Å². The van der Waals surface area contributed by atoms with Crippen molar-refractivity contribution < 1.29 is 4.79 Å². The third kappa shape index (κ3) is 4.35. The fourth-order valence-corrected chi connectivity index (χ4v) is 4.68. The van der Waals surface area contributed by atoms with Gasteiger partial charge in [-0.05, 0) is 44.0 Å². The number of benzene rings is 1. The Kier molecular flexibility index (Phi) is 6.20.